The highest BCUT2D eigenvalue weighted by atomic mass is 14.9. The van der Waals surface area contributed by atoms with Gasteiger partial charge in [-0.25, -0.2) is 0 Å². The number of allylic oxidation sites excluding steroid dienone is 6. The first-order valence-electron chi connectivity index (χ1n) is 10.1. The molecule has 0 fully saturated rings. The van der Waals surface area contributed by atoms with Gasteiger partial charge < -0.3 is 4.57 Å². The van der Waals surface area contributed by atoms with Crippen molar-refractivity contribution in [3.05, 3.63) is 83.6 Å². The van der Waals surface area contributed by atoms with Gasteiger partial charge in [0.15, 0.2) is 0 Å². The average Bonchev–Trinajstić information content (AvgIpc) is 2.92. The molecule has 27 heavy (non-hydrogen) atoms. The van der Waals surface area contributed by atoms with Crippen LogP contribution < -0.4 is 0 Å². The standard InChI is InChI=1S/C26H35N/c1-8-14-19(3)20(4)21(5)23(9-2)15-10-12-17-25-22(6)24-16-11-13-18-26(24)27(25)7/h8-9,11,13-14,16,18,21H,1,4,10,12,15,17H2,2-3,5-7H3/b19-14+,23-9-. The smallest absolute Gasteiger partial charge is 0.0482 e. The number of aryl methyl sites for hydroxylation is 2. The van der Waals surface area contributed by atoms with E-state index in [-0.39, 0.29) is 0 Å². The fourth-order valence-electron chi connectivity index (χ4n) is 4.07. The van der Waals surface area contributed by atoms with E-state index in [1.165, 1.54) is 51.7 Å². The molecule has 1 heteroatoms. The number of hydrogen-bond acceptors (Lipinski definition) is 0. The number of aromatic nitrogens is 1. The minimum Gasteiger partial charge on any atom is -0.347 e. The minimum absolute atomic E-state index is 0.394. The molecule has 144 valence electrons. The van der Waals surface area contributed by atoms with Crippen molar-refractivity contribution >= 4 is 10.9 Å². The predicted molar refractivity (Wildman–Crippen MR) is 121 cm³/mol. The Balaban J connectivity index is 1.97. The maximum absolute atomic E-state index is 4.31. The Morgan fingerprint density at radius 1 is 1.22 bits per heavy atom. The first-order chi connectivity index (χ1) is 12.9. The van der Waals surface area contributed by atoms with Crippen LogP contribution in [-0.4, -0.2) is 4.57 Å². The van der Waals surface area contributed by atoms with E-state index in [0.717, 1.165) is 12.8 Å². The Kier molecular flexibility index (Phi) is 7.47. The lowest BCUT2D eigenvalue weighted by atomic mass is 9.86. The lowest BCUT2D eigenvalue weighted by Gasteiger charge is -2.19. The van der Waals surface area contributed by atoms with Crippen LogP contribution in [0.3, 0.4) is 0 Å². The van der Waals surface area contributed by atoms with Crippen molar-refractivity contribution in [3.8, 4) is 0 Å². The number of fused-ring (bicyclic) bond motifs is 1. The summed E-state index contributed by atoms with van der Waals surface area (Å²) in [6.45, 7) is 16.9. The quantitative estimate of drug-likeness (QED) is 0.248. The molecule has 0 aliphatic carbocycles. The molecule has 1 aromatic carbocycles. The maximum atomic E-state index is 4.31. The molecule has 0 spiro atoms. The molecule has 0 saturated carbocycles. The first kappa shape index (κ1) is 21.0. The van der Waals surface area contributed by atoms with Crippen LogP contribution in [0.5, 0.6) is 0 Å². The Morgan fingerprint density at radius 2 is 1.93 bits per heavy atom. The zero-order valence-electron chi connectivity index (χ0n) is 17.8. The molecule has 1 unspecified atom stereocenters. The van der Waals surface area contributed by atoms with Crippen molar-refractivity contribution in [1.82, 2.24) is 4.57 Å². The SMILES string of the molecule is C=C/C=C(\C)C(=C)C(C)/C(=C\C)CCCCc1c(C)c2ccccc2n1C. The second-order valence-electron chi connectivity index (χ2n) is 7.55. The van der Waals surface area contributed by atoms with Crippen LogP contribution in [0.15, 0.2) is 72.4 Å². The minimum atomic E-state index is 0.394. The number of unbranched alkanes of at least 4 members (excludes halogenated alkanes) is 1. The molecule has 1 nitrogen and oxygen atoms in total. The van der Waals surface area contributed by atoms with Gasteiger partial charge in [0.25, 0.3) is 0 Å². The van der Waals surface area contributed by atoms with Gasteiger partial charge in [-0.2, -0.15) is 0 Å². The van der Waals surface area contributed by atoms with Gasteiger partial charge in [0.2, 0.25) is 0 Å². The van der Waals surface area contributed by atoms with Crippen LogP contribution in [0.25, 0.3) is 10.9 Å². The summed E-state index contributed by atoms with van der Waals surface area (Å²) in [6, 6.07) is 8.71. The summed E-state index contributed by atoms with van der Waals surface area (Å²) in [7, 11) is 2.20. The van der Waals surface area contributed by atoms with Gasteiger partial charge in [-0.05, 0) is 69.2 Å². The number of benzene rings is 1. The highest BCUT2D eigenvalue weighted by Gasteiger charge is 2.14. The average molecular weight is 362 g/mol. The zero-order valence-corrected chi connectivity index (χ0v) is 17.8. The van der Waals surface area contributed by atoms with E-state index in [1.54, 1.807) is 0 Å². The molecule has 0 radical (unpaired) electrons. The predicted octanol–water partition coefficient (Wildman–Crippen LogP) is 7.47. The van der Waals surface area contributed by atoms with Crippen molar-refractivity contribution in [2.24, 2.45) is 13.0 Å². The lowest BCUT2D eigenvalue weighted by Crippen LogP contribution is -2.05. The van der Waals surface area contributed by atoms with Gasteiger partial charge in [0.05, 0.1) is 0 Å². The van der Waals surface area contributed by atoms with E-state index in [9.17, 15) is 0 Å². The van der Waals surface area contributed by atoms with Crippen LogP contribution in [0.2, 0.25) is 0 Å². The maximum Gasteiger partial charge on any atom is 0.0482 e. The van der Waals surface area contributed by atoms with E-state index < -0.39 is 0 Å². The van der Waals surface area contributed by atoms with Crippen molar-refractivity contribution in [2.45, 2.75) is 53.4 Å². The third-order valence-corrected chi connectivity index (χ3v) is 5.96. The Morgan fingerprint density at radius 3 is 2.56 bits per heavy atom. The molecule has 0 saturated heterocycles. The van der Waals surface area contributed by atoms with Gasteiger partial charge in [0, 0.05) is 29.6 Å². The van der Waals surface area contributed by atoms with Crippen molar-refractivity contribution in [2.75, 3.05) is 0 Å². The van der Waals surface area contributed by atoms with Crippen molar-refractivity contribution in [1.29, 1.82) is 0 Å². The Labute approximate surface area is 165 Å². The number of nitrogens with zero attached hydrogens (tertiary/aromatic N) is 1. The lowest BCUT2D eigenvalue weighted by molar-refractivity contribution is 0.656. The highest BCUT2D eigenvalue weighted by molar-refractivity contribution is 5.85. The van der Waals surface area contributed by atoms with Crippen LogP contribution in [0.4, 0.5) is 0 Å². The summed E-state index contributed by atoms with van der Waals surface area (Å²) in [5.74, 6) is 0.394. The largest absolute Gasteiger partial charge is 0.347 e. The summed E-state index contributed by atoms with van der Waals surface area (Å²) in [5, 5.41) is 1.39. The molecular weight excluding hydrogens is 326 g/mol. The molecular formula is C26H35N. The number of rotatable bonds is 9. The summed E-state index contributed by atoms with van der Waals surface area (Å²) in [6.07, 6.45) is 10.9. The van der Waals surface area contributed by atoms with E-state index in [1.807, 2.05) is 6.08 Å². The van der Waals surface area contributed by atoms with Crippen LogP contribution in [-0.2, 0) is 13.5 Å². The molecule has 0 bridgehead atoms. The fraction of sp³-hybridized carbons (Fsp3) is 0.385. The molecule has 0 amide bonds. The Bertz CT molecular complexity index is 834. The topological polar surface area (TPSA) is 4.93 Å². The van der Waals surface area contributed by atoms with Crippen molar-refractivity contribution < 1.29 is 0 Å². The van der Waals surface area contributed by atoms with Crippen LogP contribution in [0, 0.1) is 12.8 Å². The molecule has 0 aliphatic heterocycles. The van der Waals surface area contributed by atoms with E-state index in [4.69, 9.17) is 0 Å². The molecule has 1 heterocycles. The zero-order chi connectivity index (χ0) is 20.0. The third kappa shape index (κ3) is 4.71. The first-order valence-corrected chi connectivity index (χ1v) is 10.1. The normalized spacial score (nSPS) is 13.8. The third-order valence-electron chi connectivity index (χ3n) is 5.96. The van der Waals surface area contributed by atoms with Crippen LogP contribution in [0.1, 0.15) is 51.3 Å². The van der Waals surface area contributed by atoms with E-state index >= 15 is 0 Å². The summed E-state index contributed by atoms with van der Waals surface area (Å²) in [4.78, 5) is 0. The number of para-hydroxylation sites is 1. The van der Waals surface area contributed by atoms with Crippen LogP contribution >= 0.6 is 0 Å². The summed E-state index contributed by atoms with van der Waals surface area (Å²) >= 11 is 0. The monoisotopic (exact) mass is 361 g/mol. The van der Waals surface area contributed by atoms with Crippen molar-refractivity contribution in [3.63, 3.8) is 0 Å². The second-order valence-corrected chi connectivity index (χ2v) is 7.55. The van der Waals surface area contributed by atoms with E-state index in [2.05, 4.69) is 88.9 Å². The summed E-state index contributed by atoms with van der Waals surface area (Å²) < 4.78 is 2.37. The molecule has 1 aromatic heterocycles. The molecule has 0 N–H and O–H groups in total. The molecule has 2 rings (SSSR count). The molecule has 2 aromatic rings. The second kappa shape index (κ2) is 9.60. The highest BCUT2D eigenvalue weighted by Crippen LogP contribution is 2.29. The van der Waals surface area contributed by atoms with Gasteiger partial charge in [0.1, 0.15) is 0 Å². The number of hydrogen-bond donors (Lipinski definition) is 0. The molecule has 0 aliphatic rings. The molecule has 1 atom stereocenters. The van der Waals surface area contributed by atoms with Gasteiger partial charge in [-0.3, -0.25) is 0 Å². The Hall–Kier alpha value is -2.28. The van der Waals surface area contributed by atoms with Gasteiger partial charge in [-0.1, -0.05) is 62.1 Å². The summed E-state index contributed by atoms with van der Waals surface area (Å²) in [5.41, 5.74) is 8.17. The van der Waals surface area contributed by atoms with Gasteiger partial charge >= 0.3 is 0 Å². The van der Waals surface area contributed by atoms with Gasteiger partial charge in [-0.15, -0.1) is 0 Å². The van der Waals surface area contributed by atoms with E-state index in [0.29, 0.717) is 5.92 Å². The fourth-order valence-corrected chi connectivity index (χ4v) is 4.07.